The van der Waals surface area contributed by atoms with Gasteiger partial charge < -0.3 is 19.7 Å². The van der Waals surface area contributed by atoms with E-state index in [0.717, 1.165) is 25.9 Å². The molecule has 3 rings (SSSR count). The summed E-state index contributed by atoms with van der Waals surface area (Å²) in [5.74, 6) is -0.148. The number of nitrogens with one attached hydrogen (secondary N) is 1. The molecule has 1 N–H and O–H groups in total. The SMILES string of the molecule is O=C(CCN1CCC(C2OCCO2)CC1)Nc1ccc(Br)cc1F. The van der Waals surface area contributed by atoms with Gasteiger partial charge in [0.1, 0.15) is 5.82 Å². The molecule has 2 aliphatic heterocycles. The molecule has 5 nitrogen and oxygen atoms in total. The van der Waals surface area contributed by atoms with Crippen LogP contribution in [0, 0.1) is 11.7 Å². The highest BCUT2D eigenvalue weighted by Crippen LogP contribution is 2.26. The molecule has 132 valence electrons. The van der Waals surface area contributed by atoms with Crippen molar-refractivity contribution in [1.29, 1.82) is 0 Å². The number of halogens is 2. The van der Waals surface area contributed by atoms with E-state index in [2.05, 4.69) is 26.1 Å². The number of likely N-dealkylation sites (tertiary alicyclic amines) is 1. The van der Waals surface area contributed by atoms with Crippen molar-refractivity contribution in [2.45, 2.75) is 25.6 Å². The highest BCUT2D eigenvalue weighted by atomic mass is 79.9. The number of anilines is 1. The van der Waals surface area contributed by atoms with Gasteiger partial charge in [0, 0.05) is 23.4 Å². The minimum absolute atomic E-state index is 0.0455. The Morgan fingerprint density at radius 2 is 2.00 bits per heavy atom. The Balaban J connectivity index is 1.39. The third kappa shape index (κ3) is 4.75. The van der Waals surface area contributed by atoms with Crippen LogP contribution in [0.4, 0.5) is 10.1 Å². The van der Waals surface area contributed by atoms with Crippen molar-refractivity contribution < 1.29 is 18.7 Å². The van der Waals surface area contributed by atoms with Crippen LogP contribution in [-0.4, -0.2) is 49.9 Å². The lowest BCUT2D eigenvalue weighted by atomic mass is 9.96. The summed E-state index contributed by atoms with van der Waals surface area (Å²) in [6.07, 6.45) is 2.36. The number of carbonyl (C=O) groups is 1. The summed E-state index contributed by atoms with van der Waals surface area (Å²) >= 11 is 3.20. The fourth-order valence-electron chi connectivity index (χ4n) is 3.16. The third-order valence-electron chi connectivity index (χ3n) is 4.53. The number of ether oxygens (including phenoxy) is 2. The van der Waals surface area contributed by atoms with E-state index in [1.807, 2.05) is 0 Å². The first-order valence-corrected chi connectivity index (χ1v) is 9.11. The van der Waals surface area contributed by atoms with E-state index in [9.17, 15) is 9.18 Å². The van der Waals surface area contributed by atoms with Gasteiger partial charge in [-0.3, -0.25) is 4.79 Å². The molecule has 0 atom stereocenters. The third-order valence-corrected chi connectivity index (χ3v) is 5.02. The first-order valence-electron chi connectivity index (χ1n) is 8.32. The molecule has 0 spiro atoms. The maximum Gasteiger partial charge on any atom is 0.225 e. The Hall–Kier alpha value is -1.02. The summed E-state index contributed by atoms with van der Waals surface area (Å²) in [7, 11) is 0. The molecule has 1 aromatic rings. The molecule has 0 aromatic heterocycles. The predicted octanol–water partition coefficient (Wildman–Crippen LogP) is 3.00. The fourth-order valence-corrected chi connectivity index (χ4v) is 3.49. The largest absolute Gasteiger partial charge is 0.350 e. The Morgan fingerprint density at radius 1 is 1.29 bits per heavy atom. The maximum atomic E-state index is 13.7. The van der Waals surface area contributed by atoms with E-state index < -0.39 is 5.82 Å². The normalized spacial score (nSPS) is 20.4. The van der Waals surface area contributed by atoms with Gasteiger partial charge >= 0.3 is 0 Å². The summed E-state index contributed by atoms with van der Waals surface area (Å²) in [6.45, 7) is 3.94. The van der Waals surface area contributed by atoms with Crippen molar-refractivity contribution in [3.05, 3.63) is 28.5 Å². The number of carbonyl (C=O) groups excluding carboxylic acids is 1. The highest BCUT2D eigenvalue weighted by molar-refractivity contribution is 9.10. The fraction of sp³-hybridized carbons (Fsp3) is 0.588. The molecular formula is C17H22BrFN2O3. The molecule has 2 aliphatic rings. The van der Waals surface area contributed by atoms with Crippen molar-refractivity contribution in [3.63, 3.8) is 0 Å². The lowest BCUT2D eigenvalue weighted by Gasteiger charge is -2.33. The van der Waals surface area contributed by atoms with Gasteiger partial charge in [-0.2, -0.15) is 0 Å². The molecule has 2 fully saturated rings. The molecule has 0 bridgehead atoms. The van der Waals surface area contributed by atoms with E-state index in [4.69, 9.17) is 9.47 Å². The Kier molecular flexibility index (Phi) is 6.21. The Bertz CT molecular complexity index is 573. The second-order valence-electron chi connectivity index (χ2n) is 6.21. The van der Waals surface area contributed by atoms with Gasteiger partial charge in [-0.05, 0) is 44.1 Å². The van der Waals surface area contributed by atoms with Gasteiger partial charge in [0.15, 0.2) is 6.29 Å². The predicted molar refractivity (Wildman–Crippen MR) is 92.2 cm³/mol. The molecule has 0 unspecified atom stereocenters. The Labute approximate surface area is 149 Å². The van der Waals surface area contributed by atoms with Crippen molar-refractivity contribution in [1.82, 2.24) is 4.90 Å². The number of benzene rings is 1. The van der Waals surface area contributed by atoms with Crippen LogP contribution >= 0.6 is 15.9 Å². The second-order valence-corrected chi connectivity index (χ2v) is 7.13. The average Bonchev–Trinajstić information content (AvgIpc) is 3.11. The van der Waals surface area contributed by atoms with Gasteiger partial charge in [0.25, 0.3) is 0 Å². The van der Waals surface area contributed by atoms with Crippen LogP contribution in [0.5, 0.6) is 0 Å². The van der Waals surface area contributed by atoms with Gasteiger partial charge in [-0.15, -0.1) is 0 Å². The average molecular weight is 401 g/mol. The quantitative estimate of drug-likeness (QED) is 0.825. The van der Waals surface area contributed by atoms with Gasteiger partial charge in [0.05, 0.1) is 18.9 Å². The smallest absolute Gasteiger partial charge is 0.225 e. The van der Waals surface area contributed by atoms with Crippen molar-refractivity contribution in [2.75, 3.05) is 38.2 Å². The molecule has 7 heteroatoms. The molecule has 1 amide bonds. The van der Waals surface area contributed by atoms with Crippen molar-refractivity contribution in [3.8, 4) is 0 Å². The van der Waals surface area contributed by atoms with Crippen LogP contribution in [0.25, 0.3) is 0 Å². The number of rotatable bonds is 5. The Morgan fingerprint density at radius 3 is 2.67 bits per heavy atom. The summed E-state index contributed by atoms with van der Waals surface area (Å²) in [5, 5.41) is 2.63. The minimum Gasteiger partial charge on any atom is -0.350 e. The van der Waals surface area contributed by atoms with Gasteiger partial charge in [-0.1, -0.05) is 15.9 Å². The van der Waals surface area contributed by atoms with E-state index in [0.29, 0.717) is 36.6 Å². The number of amides is 1. The van der Waals surface area contributed by atoms with Crippen LogP contribution in [0.15, 0.2) is 22.7 Å². The molecule has 1 aromatic carbocycles. The topological polar surface area (TPSA) is 50.8 Å². The number of nitrogens with zero attached hydrogens (tertiary/aromatic N) is 1. The van der Waals surface area contributed by atoms with Crippen LogP contribution in [-0.2, 0) is 14.3 Å². The standard InChI is InChI=1S/C17H22BrFN2O3/c18-13-1-2-15(14(19)11-13)20-16(22)5-8-21-6-3-12(4-7-21)17-23-9-10-24-17/h1-2,11-12,17H,3-10H2,(H,20,22). The summed E-state index contributed by atoms with van der Waals surface area (Å²) in [4.78, 5) is 14.3. The van der Waals surface area contributed by atoms with E-state index in [-0.39, 0.29) is 17.9 Å². The van der Waals surface area contributed by atoms with E-state index >= 15 is 0 Å². The van der Waals surface area contributed by atoms with Gasteiger partial charge in [-0.25, -0.2) is 4.39 Å². The zero-order valence-electron chi connectivity index (χ0n) is 13.5. The summed E-state index contributed by atoms with van der Waals surface area (Å²) in [5.41, 5.74) is 0.220. The molecule has 2 saturated heterocycles. The monoisotopic (exact) mass is 400 g/mol. The van der Waals surface area contributed by atoms with Crippen molar-refractivity contribution >= 4 is 27.5 Å². The first kappa shape index (κ1) is 17.8. The molecule has 24 heavy (non-hydrogen) atoms. The zero-order valence-corrected chi connectivity index (χ0v) is 15.1. The van der Waals surface area contributed by atoms with Crippen LogP contribution in [0.1, 0.15) is 19.3 Å². The number of hydrogen-bond donors (Lipinski definition) is 1. The molecule has 0 saturated carbocycles. The first-order chi connectivity index (χ1) is 11.6. The number of piperidine rings is 1. The lowest BCUT2D eigenvalue weighted by molar-refractivity contribution is -0.117. The van der Waals surface area contributed by atoms with Crippen LogP contribution in [0.2, 0.25) is 0 Å². The summed E-state index contributed by atoms with van der Waals surface area (Å²) in [6, 6.07) is 4.61. The molecular weight excluding hydrogens is 379 g/mol. The van der Waals surface area contributed by atoms with Gasteiger partial charge in [0.2, 0.25) is 5.91 Å². The molecule has 0 radical (unpaired) electrons. The molecule has 0 aliphatic carbocycles. The highest BCUT2D eigenvalue weighted by Gasteiger charge is 2.30. The van der Waals surface area contributed by atoms with Crippen molar-refractivity contribution in [2.24, 2.45) is 5.92 Å². The van der Waals surface area contributed by atoms with E-state index in [1.54, 1.807) is 12.1 Å². The lowest BCUT2D eigenvalue weighted by Crippen LogP contribution is -2.39. The van der Waals surface area contributed by atoms with Crippen LogP contribution in [0.3, 0.4) is 0 Å². The van der Waals surface area contributed by atoms with Crippen LogP contribution < -0.4 is 5.32 Å². The number of hydrogen-bond acceptors (Lipinski definition) is 4. The second kappa shape index (κ2) is 8.38. The minimum atomic E-state index is -0.435. The maximum absolute atomic E-state index is 13.7. The zero-order chi connectivity index (χ0) is 16.9. The summed E-state index contributed by atoms with van der Waals surface area (Å²) < 4.78 is 25.5. The van der Waals surface area contributed by atoms with E-state index in [1.165, 1.54) is 6.07 Å². The molecule has 2 heterocycles.